The van der Waals surface area contributed by atoms with Gasteiger partial charge in [-0.3, -0.25) is 10.00 Å². The number of rotatable bonds is 5. The number of hydrogen-bond acceptors (Lipinski definition) is 8. The van der Waals surface area contributed by atoms with Crippen molar-refractivity contribution in [3.05, 3.63) is 29.7 Å². The van der Waals surface area contributed by atoms with Gasteiger partial charge in [0.2, 0.25) is 5.95 Å². The fraction of sp³-hybridized carbons (Fsp3) is 0.611. The van der Waals surface area contributed by atoms with Crippen LogP contribution >= 0.6 is 0 Å². The van der Waals surface area contributed by atoms with Crippen molar-refractivity contribution in [3.63, 3.8) is 0 Å². The van der Waals surface area contributed by atoms with Gasteiger partial charge < -0.3 is 20.1 Å². The zero-order valence-electron chi connectivity index (χ0n) is 15.8. The summed E-state index contributed by atoms with van der Waals surface area (Å²) in [6.07, 6.45) is 3.07. The van der Waals surface area contributed by atoms with Crippen LogP contribution in [-0.2, 0) is 11.3 Å². The summed E-state index contributed by atoms with van der Waals surface area (Å²) in [5.74, 6) is 1.87. The first-order valence-electron chi connectivity index (χ1n) is 9.52. The molecule has 0 aliphatic carbocycles. The van der Waals surface area contributed by atoms with Gasteiger partial charge in [-0.15, -0.1) is 0 Å². The van der Waals surface area contributed by atoms with E-state index in [0.29, 0.717) is 11.7 Å². The second-order valence-corrected chi connectivity index (χ2v) is 7.05. The second kappa shape index (κ2) is 7.79. The zero-order chi connectivity index (χ0) is 18.8. The molecule has 2 aliphatic heterocycles. The molecule has 0 radical (unpaired) electrons. The largest absolute Gasteiger partial charge is 0.381 e. The summed E-state index contributed by atoms with van der Waals surface area (Å²) in [7, 11) is 1.68. The molecule has 9 heteroatoms. The quantitative estimate of drug-likeness (QED) is 0.669. The fourth-order valence-electron chi connectivity index (χ4n) is 3.78. The smallest absolute Gasteiger partial charge is 0.226 e. The number of nitrogens with zero attached hydrogens (tertiary/aromatic N) is 5. The summed E-state index contributed by atoms with van der Waals surface area (Å²) in [5, 5.41) is 19.9. The van der Waals surface area contributed by atoms with Gasteiger partial charge in [-0.1, -0.05) is 0 Å². The number of ether oxygens (including phenoxy) is 1. The molecule has 146 valence electrons. The van der Waals surface area contributed by atoms with Crippen LogP contribution in [0.4, 0.5) is 11.8 Å². The predicted molar refractivity (Wildman–Crippen MR) is 102 cm³/mol. The van der Waals surface area contributed by atoms with Crippen molar-refractivity contribution in [2.24, 2.45) is 0 Å². The second-order valence-electron chi connectivity index (χ2n) is 7.05. The molecule has 0 amide bonds. The van der Waals surface area contributed by atoms with Gasteiger partial charge in [-0.2, -0.15) is 5.10 Å². The molecule has 2 aromatic heterocycles. The van der Waals surface area contributed by atoms with Crippen molar-refractivity contribution in [2.75, 3.05) is 37.0 Å². The van der Waals surface area contributed by atoms with Gasteiger partial charge in [-0.25, -0.2) is 9.97 Å². The maximum Gasteiger partial charge on any atom is 0.226 e. The van der Waals surface area contributed by atoms with Crippen molar-refractivity contribution in [2.45, 2.75) is 44.6 Å². The van der Waals surface area contributed by atoms with Crippen LogP contribution in [0.5, 0.6) is 0 Å². The van der Waals surface area contributed by atoms with E-state index in [9.17, 15) is 5.11 Å². The first kappa shape index (κ1) is 18.1. The Bertz CT molecular complexity index is 775. The minimum atomic E-state index is -0.826. The average Bonchev–Trinajstić information content (AvgIpc) is 3.12. The lowest BCUT2D eigenvalue weighted by atomic mass is 9.96. The van der Waals surface area contributed by atoms with Crippen molar-refractivity contribution < 1.29 is 9.84 Å². The Morgan fingerprint density at radius 2 is 2.11 bits per heavy atom. The highest BCUT2D eigenvalue weighted by molar-refractivity contribution is 5.43. The molecule has 1 saturated heterocycles. The molecular formula is C18H27N7O2. The lowest BCUT2D eigenvalue weighted by Gasteiger charge is -2.34. The van der Waals surface area contributed by atoms with E-state index in [4.69, 9.17) is 9.72 Å². The van der Waals surface area contributed by atoms with Gasteiger partial charge in [0, 0.05) is 43.6 Å². The number of fused-ring (bicyclic) bond motifs is 1. The molecule has 27 heavy (non-hydrogen) atoms. The fourth-order valence-corrected chi connectivity index (χ4v) is 3.78. The SMILES string of the molecule is CNC(O)Nc1cc2n(n1)CCN(c1nccc(C3CCOCC3)n1)C2C. The monoisotopic (exact) mass is 373 g/mol. The Morgan fingerprint density at radius 1 is 1.30 bits per heavy atom. The Kier molecular flexibility index (Phi) is 5.24. The normalized spacial score (nSPS) is 21.7. The number of aliphatic hydroxyl groups is 1. The van der Waals surface area contributed by atoms with E-state index in [2.05, 4.69) is 32.5 Å². The zero-order valence-corrected chi connectivity index (χ0v) is 15.8. The topological polar surface area (TPSA) is 100 Å². The molecule has 9 nitrogen and oxygen atoms in total. The van der Waals surface area contributed by atoms with Crippen LogP contribution < -0.4 is 15.5 Å². The van der Waals surface area contributed by atoms with Crippen LogP contribution in [0.25, 0.3) is 0 Å². The third-order valence-electron chi connectivity index (χ3n) is 5.38. The maximum atomic E-state index is 9.71. The number of aliphatic hydroxyl groups excluding tert-OH is 1. The van der Waals surface area contributed by atoms with Crippen LogP contribution in [-0.4, -0.2) is 58.0 Å². The van der Waals surface area contributed by atoms with E-state index in [1.54, 1.807) is 7.05 Å². The van der Waals surface area contributed by atoms with Crippen molar-refractivity contribution in [3.8, 4) is 0 Å². The van der Waals surface area contributed by atoms with E-state index in [1.165, 1.54) is 0 Å². The number of anilines is 2. The molecule has 0 aromatic carbocycles. The third-order valence-corrected chi connectivity index (χ3v) is 5.38. The minimum Gasteiger partial charge on any atom is -0.381 e. The van der Waals surface area contributed by atoms with Gasteiger partial charge in [0.15, 0.2) is 12.2 Å². The van der Waals surface area contributed by atoms with Crippen molar-refractivity contribution >= 4 is 11.8 Å². The molecule has 2 atom stereocenters. The molecule has 2 aromatic rings. The van der Waals surface area contributed by atoms with Gasteiger partial charge in [0.25, 0.3) is 0 Å². The van der Waals surface area contributed by atoms with Crippen LogP contribution in [0.15, 0.2) is 18.3 Å². The third kappa shape index (κ3) is 3.76. The highest BCUT2D eigenvalue weighted by Crippen LogP contribution is 2.31. The summed E-state index contributed by atoms with van der Waals surface area (Å²) in [6, 6.07) is 4.10. The highest BCUT2D eigenvalue weighted by atomic mass is 16.5. The average molecular weight is 373 g/mol. The molecule has 4 heterocycles. The van der Waals surface area contributed by atoms with Crippen LogP contribution in [0.1, 0.15) is 43.1 Å². The first-order chi connectivity index (χ1) is 13.2. The van der Waals surface area contributed by atoms with Crippen LogP contribution in [0, 0.1) is 0 Å². The molecule has 0 saturated carbocycles. The number of nitrogens with one attached hydrogen (secondary N) is 2. The number of hydrogen-bond donors (Lipinski definition) is 3. The molecule has 3 N–H and O–H groups in total. The maximum absolute atomic E-state index is 9.71. The Balaban J connectivity index is 1.54. The lowest BCUT2D eigenvalue weighted by molar-refractivity contribution is 0.0845. The van der Waals surface area contributed by atoms with E-state index >= 15 is 0 Å². The summed E-state index contributed by atoms with van der Waals surface area (Å²) >= 11 is 0. The molecule has 1 fully saturated rings. The summed E-state index contributed by atoms with van der Waals surface area (Å²) in [5.41, 5.74) is 2.18. The Hall–Kier alpha value is -2.23. The lowest BCUT2D eigenvalue weighted by Crippen LogP contribution is -2.38. The van der Waals surface area contributed by atoms with Gasteiger partial charge in [0.05, 0.1) is 18.3 Å². The highest BCUT2D eigenvalue weighted by Gasteiger charge is 2.28. The molecule has 0 spiro atoms. The predicted octanol–water partition coefficient (Wildman–Crippen LogP) is 1.06. The summed E-state index contributed by atoms with van der Waals surface area (Å²) in [4.78, 5) is 11.6. The Labute approximate surface area is 158 Å². The molecule has 2 unspecified atom stereocenters. The molecule has 2 aliphatic rings. The van der Waals surface area contributed by atoms with Gasteiger partial charge in [-0.05, 0) is 32.9 Å². The molecular weight excluding hydrogens is 346 g/mol. The molecule has 0 bridgehead atoms. The first-order valence-corrected chi connectivity index (χ1v) is 9.52. The van der Waals surface area contributed by atoms with Crippen molar-refractivity contribution in [1.29, 1.82) is 0 Å². The standard InChI is InChI=1S/C18H27N7O2/c1-12-15-11-16(22-18(26)19-2)23-25(15)8-7-24(12)17-20-6-3-14(21-17)13-4-9-27-10-5-13/h3,6,11-13,18-19,26H,4-5,7-10H2,1-2H3,(H,22,23). The minimum absolute atomic E-state index is 0.0958. The van der Waals surface area contributed by atoms with Crippen molar-refractivity contribution in [1.82, 2.24) is 25.1 Å². The van der Waals surface area contributed by atoms with Gasteiger partial charge >= 0.3 is 0 Å². The summed E-state index contributed by atoms with van der Waals surface area (Å²) in [6.45, 7) is 5.29. The van der Waals surface area contributed by atoms with E-state index in [0.717, 1.165) is 56.5 Å². The molecule has 4 rings (SSSR count). The van der Waals surface area contributed by atoms with Crippen LogP contribution in [0.3, 0.4) is 0 Å². The van der Waals surface area contributed by atoms with Crippen LogP contribution in [0.2, 0.25) is 0 Å². The van der Waals surface area contributed by atoms with E-state index in [1.807, 2.05) is 23.0 Å². The van der Waals surface area contributed by atoms with Gasteiger partial charge in [0.1, 0.15) is 0 Å². The van der Waals surface area contributed by atoms with E-state index in [-0.39, 0.29) is 6.04 Å². The Morgan fingerprint density at radius 3 is 2.89 bits per heavy atom. The van der Waals surface area contributed by atoms with E-state index < -0.39 is 6.35 Å². The number of aromatic nitrogens is 4. The summed E-state index contributed by atoms with van der Waals surface area (Å²) < 4.78 is 7.45.